The first-order valence-electron chi connectivity index (χ1n) is 8.89. The van der Waals surface area contributed by atoms with Crippen LogP contribution in [0.2, 0.25) is 0 Å². The van der Waals surface area contributed by atoms with E-state index in [1.54, 1.807) is 12.5 Å². The smallest absolute Gasteiger partial charge is 0.220 e. The second-order valence-corrected chi connectivity index (χ2v) is 7.06. The van der Waals surface area contributed by atoms with Gasteiger partial charge in [-0.2, -0.15) is 0 Å². The standard InChI is InChI=1S/C19H24N2O4/c22-19(20-8-16-3-1-5-24-16)7-14-12-23-13-15-9-21(11-18(14)15)10-17-4-2-6-25-17/h1-6,14-15,18H,7-13H2,(H,20,22)/t14-,15-,18+/m1/s1. The fourth-order valence-corrected chi connectivity index (χ4v) is 4.06. The predicted octanol–water partition coefficient (Wildman–Crippen LogP) is 2.27. The molecule has 2 aromatic rings. The van der Waals surface area contributed by atoms with Crippen molar-refractivity contribution < 1.29 is 18.4 Å². The molecular formula is C19H24N2O4. The quantitative estimate of drug-likeness (QED) is 0.871. The van der Waals surface area contributed by atoms with Gasteiger partial charge < -0.3 is 18.9 Å². The van der Waals surface area contributed by atoms with Crippen molar-refractivity contribution in [3.05, 3.63) is 48.3 Å². The molecule has 3 atom stereocenters. The Morgan fingerprint density at radius 2 is 1.92 bits per heavy atom. The third kappa shape index (κ3) is 3.96. The number of nitrogens with zero attached hydrogens (tertiary/aromatic N) is 1. The number of hydrogen-bond acceptors (Lipinski definition) is 5. The molecule has 0 spiro atoms. The van der Waals surface area contributed by atoms with Gasteiger partial charge in [0.2, 0.25) is 5.91 Å². The molecule has 2 aliphatic heterocycles. The summed E-state index contributed by atoms with van der Waals surface area (Å²) in [6, 6.07) is 7.63. The van der Waals surface area contributed by atoms with Crippen molar-refractivity contribution >= 4 is 5.91 Å². The number of carbonyl (C=O) groups excluding carboxylic acids is 1. The Balaban J connectivity index is 1.30. The van der Waals surface area contributed by atoms with Crippen molar-refractivity contribution in [3.63, 3.8) is 0 Å². The van der Waals surface area contributed by atoms with Crippen LogP contribution in [0, 0.1) is 17.8 Å². The monoisotopic (exact) mass is 344 g/mol. The molecule has 2 fully saturated rings. The normalized spacial score (nSPS) is 26.5. The van der Waals surface area contributed by atoms with Crippen LogP contribution in [0.15, 0.2) is 45.6 Å². The van der Waals surface area contributed by atoms with Gasteiger partial charge in [0.05, 0.1) is 38.8 Å². The molecule has 0 radical (unpaired) electrons. The molecule has 6 nitrogen and oxygen atoms in total. The van der Waals surface area contributed by atoms with E-state index in [0.717, 1.165) is 37.8 Å². The minimum absolute atomic E-state index is 0.0649. The SMILES string of the molecule is O=C(C[C@@H]1COC[C@H]2CN(Cc3ccco3)C[C@@H]12)NCc1ccco1. The van der Waals surface area contributed by atoms with Gasteiger partial charge in [-0.05, 0) is 42.0 Å². The number of nitrogens with one attached hydrogen (secondary N) is 1. The van der Waals surface area contributed by atoms with E-state index in [9.17, 15) is 4.79 Å². The van der Waals surface area contributed by atoms with Crippen LogP contribution in [-0.2, 0) is 22.6 Å². The highest BCUT2D eigenvalue weighted by Crippen LogP contribution is 2.36. The molecule has 2 saturated heterocycles. The van der Waals surface area contributed by atoms with Crippen LogP contribution >= 0.6 is 0 Å². The van der Waals surface area contributed by atoms with E-state index in [2.05, 4.69) is 10.2 Å². The highest BCUT2D eigenvalue weighted by atomic mass is 16.5. The molecule has 6 heteroatoms. The summed E-state index contributed by atoms with van der Waals surface area (Å²) in [4.78, 5) is 14.7. The van der Waals surface area contributed by atoms with Gasteiger partial charge in [0.15, 0.2) is 0 Å². The zero-order chi connectivity index (χ0) is 17.1. The Morgan fingerprint density at radius 1 is 1.12 bits per heavy atom. The molecule has 2 aromatic heterocycles. The first kappa shape index (κ1) is 16.4. The highest BCUT2D eigenvalue weighted by Gasteiger charge is 2.41. The number of hydrogen-bond donors (Lipinski definition) is 1. The molecule has 25 heavy (non-hydrogen) atoms. The van der Waals surface area contributed by atoms with Gasteiger partial charge in [0, 0.05) is 19.5 Å². The second-order valence-electron chi connectivity index (χ2n) is 7.06. The number of fused-ring (bicyclic) bond motifs is 1. The molecular weight excluding hydrogens is 320 g/mol. The summed E-state index contributed by atoms with van der Waals surface area (Å²) >= 11 is 0. The fourth-order valence-electron chi connectivity index (χ4n) is 4.06. The number of furan rings is 2. The van der Waals surface area contributed by atoms with Crippen LogP contribution in [-0.4, -0.2) is 37.1 Å². The van der Waals surface area contributed by atoms with Gasteiger partial charge >= 0.3 is 0 Å². The van der Waals surface area contributed by atoms with Gasteiger partial charge in [0.25, 0.3) is 0 Å². The topological polar surface area (TPSA) is 67.8 Å². The lowest BCUT2D eigenvalue weighted by molar-refractivity contribution is -0.124. The van der Waals surface area contributed by atoms with Crippen LogP contribution in [0.25, 0.3) is 0 Å². The maximum Gasteiger partial charge on any atom is 0.220 e. The summed E-state index contributed by atoms with van der Waals surface area (Å²) in [6.07, 6.45) is 3.84. The van der Waals surface area contributed by atoms with E-state index in [-0.39, 0.29) is 11.8 Å². The summed E-state index contributed by atoms with van der Waals surface area (Å²) in [5, 5.41) is 2.94. The Bertz CT molecular complexity index is 668. The van der Waals surface area contributed by atoms with Gasteiger partial charge in [0.1, 0.15) is 11.5 Å². The van der Waals surface area contributed by atoms with E-state index in [0.29, 0.717) is 31.4 Å². The van der Waals surface area contributed by atoms with Crippen molar-refractivity contribution in [2.75, 3.05) is 26.3 Å². The first-order valence-corrected chi connectivity index (χ1v) is 8.89. The minimum Gasteiger partial charge on any atom is -0.468 e. The van der Waals surface area contributed by atoms with Crippen molar-refractivity contribution in [1.82, 2.24) is 10.2 Å². The van der Waals surface area contributed by atoms with Crippen molar-refractivity contribution in [2.24, 2.45) is 17.8 Å². The zero-order valence-electron chi connectivity index (χ0n) is 14.2. The van der Waals surface area contributed by atoms with E-state index >= 15 is 0 Å². The maximum atomic E-state index is 12.3. The lowest BCUT2D eigenvalue weighted by Crippen LogP contribution is -2.38. The molecule has 1 N–H and O–H groups in total. The van der Waals surface area contributed by atoms with Gasteiger partial charge in [-0.1, -0.05) is 0 Å². The summed E-state index contributed by atoms with van der Waals surface area (Å²) in [5.74, 6) is 3.13. The molecule has 0 aromatic carbocycles. The molecule has 2 aliphatic rings. The number of rotatable bonds is 6. The number of likely N-dealkylation sites (tertiary alicyclic amines) is 1. The molecule has 0 saturated carbocycles. The van der Waals surface area contributed by atoms with Gasteiger partial charge in [-0.3, -0.25) is 9.69 Å². The Morgan fingerprint density at radius 3 is 2.68 bits per heavy atom. The number of ether oxygens (including phenoxy) is 1. The molecule has 4 rings (SSSR count). The van der Waals surface area contributed by atoms with E-state index in [4.69, 9.17) is 13.6 Å². The highest BCUT2D eigenvalue weighted by molar-refractivity contribution is 5.76. The Kier molecular flexibility index (Phi) is 4.90. The Hall–Kier alpha value is -2.05. The predicted molar refractivity (Wildman–Crippen MR) is 90.4 cm³/mol. The van der Waals surface area contributed by atoms with E-state index in [1.807, 2.05) is 24.3 Å². The molecule has 1 amide bonds. The molecule has 134 valence electrons. The van der Waals surface area contributed by atoms with Crippen LogP contribution in [0.1, 0.15) is 17.9 Å². The molecule has 0 unspecified atom stereocenters. The minimum atomic E-state index is 0.0649. The average Bonchev–Trinajstić information content (AvgIpc) is 3.35. The van der Waals surface area contributed by atoms with Crippen LogP contribution in [0.5, 0.6) is 0 Å². The number of carbonyl (C=O) groups is 1. The van der Waals surface area contributed by atoms with Crippen molar-refractivity contribution in [1.29, 1.82) is 0 Å². The molecule has 4 heterocycles. The summed E-state index contributed by atoms with van der Waals surface area (Å²) in [7, 11) is 0. The van der Waals surface area contributed by atoms with Crippen LogP contribution in [0.3, 0.4) is 0 Å². The lowest BCUT2D eigenvalue weighted by Gasteiger charge is -2.32. The molecule has 0 aliphatic carbocycles. The van der Waals surface area contributed by atoms with Crippen molar-refractivity contribution in [2.45, 2.75) is 19.5 Å². The van der Waals surface area contributed by atoms with Crippen LogP contribution < -0.4 is 5.32 Å². The largest absolute Gasteiger partial charge is 0.468 e. The van der Waals surface area contributed by atoms with Crippen molar-refractivity contribution in [3.8, 4) is 0 Å². The summed E-state index contributed by atoms with van der Waals surface area (Å²) < 4.78 is 16.5. The van der Waals surface area contributed by atoms with Gasteiger partial charge in [-0.15, -0.1) is 0 Å². The third-order valence-corrected chi connectivity index (χ3v) is 5.28. The second kappa shape index (κ2) is 7.45. The zero-order valence-corrected chi connectivity index (χ0v) is 14.2. The number of amides is 1. The van der Waals surface area contributed by atoms with E-state index in [1.165, 1.54) is 0 Å². The summed E-state index contributed by atoms with van der Waals surface area (Å²) in [6.45, 7) is 4.75. The molecule has 0 bridgehead atoms. The average molecular weight is 344 g/mol. The lowest BCUT2D eigenvalue weighted by atomic mass is 9.81. The Labute approximate surface area is 147 Å². The van der Waals surface area contributed by atoms with E-state index < -0.39 is 0 Å². The maximum absolute atomic E-state index is 12.3. The fraction of sp³-hybridized carbons (Fsp3) is 0.526. The first-order chi connectivity index (χ1) is 12.3. The summed E-state index contributed by atoms with van der Waals surface area (Å²) in [5.41, 5.74) is 0. The van der Waals surface area contributed by atoms with Gasteiger partial charge in [-0.25, -0.2) is 0 Å². The third-order valence-electron chi connectivity index (χ3n) is 5.28. The van der Waals surface area contributed by atoms with Crippen LogP contribution in [0.4, 0.5) is 0 Å².